The second-order valence-electron chi connectivity index (χ2n) is 6.34. The van der Waals surface area contributed by atoms with Crippen molar-refractivity contribution in [3.8, 4) is 0 Å². The Hall–Kier alpha value is -0.0800. The van der Waals surface area contributed by atoms with Crippen molar-refractivity contribution >= 4 is 0 Å². The summed E-state index contributed by atoms with van der Waals surface area (Å²) in [6, 6.07) is 0.501. The molecule has 2 N–H and O–H groups in total. The van der Waals surface area contributed by atoms with E-state index in [4.69, 9.17) is 5.73 Å². The maximum atomic E-state index is 5.98. The number of nitrogens with two attached hydrogens (primary N) is 1. The van der Waals surface area contributed by atoms with Crippen LogP contribution in [0.3, 0.4) is 0 Å². The molecule has 0 aromatic carbocycles. The highest BCUT2D eigenvalue weighted by atomic mass is 15.1. The highest BCUT2D eigenvalue weighted by Gasteiger charge is 2.23. The first-order valence-electron chi connectivity index (χ1n) is 7.73. The van der Waals surface area contributed by atoms with E-state index in [2.05, 4.69) is 11.8 Å². The predicted molar refractivity (Wildman–Crippen MR) is 74.0 cm³/mol. The highest BCUT2D eigenvalue weighted by Crippen LogP contribution is 2.31. The minimum Gasteiger partial charge on any atom is -0.328 e. The van der Waals surface area contributed by atoms with Gasteiger partial charge in [-0.2, -0.15) is 0 Å². The molecular weight excluding hydrogens is 208 g/mol. The Bertz CT molecular complexity index is 203. The van der Waals surface area contributed by atoms with Gasteiger partial charge in [0.25, 0.3) is 0 Å². The summed E-state index contributed by atoms with van der Waals surface area (Å²) in [5, 5.41) is 0. The molecule has 1 atom stereocenters. The Morgan fingerprint density at radius 3 is 2.35 bits per heavy atom. The Labute approximate surface area is 107 Å². The Morgan fingerprint density at radius 1 is 1.06 bits per heavy atom. The monoisotopic (exact) mass is 238 g/mol. The first-order chi connectivity index (χ1) is 8.25. The molecule has 17 heavy (non-hydrogen) atoms. The maximum Gasteiger partial charge on any atom is 0.00390 e. The van der Waals surface area contributed by atoms with Gasteiger partial charge < -0.3 is 10.6 Å². The second kappa shape index (κ2) is 6.75. The minimum absolute atomic E-state index is 0.501. The minimum atomic E-state index is 0.501. The third-order valence-corrected chi connectivity index (χ3v) is 4.97. The van der Waals surface area contributed by atoms with Gasteiger partial charge in [-0.25, -0.2) is 0 Å². The van der Waals surface area contributed by atoms with Crippen molar-refractivity contribution in [2.24, 2.45) is 17.6 Å². The van der Waals surface area contributed by atoms with Crippen LogP contribution in [0.2, 0.25) is 0 Å². The van der Waals surface area contributed by atoms with E-state index >= 15 is 0 Å². The van der Waals surface area contributed by atoms with Gasteiger partial charge in [-0.15, -0.1) is 0 Å². The number of hydrogen-bond donors (Lipinski definition) is 1. The molecule has 0 radical (unpaired) electrons. The summed E-state index contributed by atoms with van der Waals surface area (Å²) in [5.74, 6) is 1.86. The summed E-state index contributed by atoms with van der Waals surface area (Å²) in [4.78, 5) is 2.68. The molecule has 0 spiro atoms. The van der Waals surface area contributed by atoms with Crippen LogP contribution < -0.4 is 5.73 Å². The van der Waals surface area contributed by atoms with E-state index in [1.165, 1.54) is 71.0 Å². The topological polar surface area (TPSA) is 29.3 Å². The predicted octanol–water partition coefficient (Wildman–Crippen LogP) is 3.02. The van der Waals surface area contributed by atoms with E-state index in [9.17, 15) is 0 Å². The van der Waals surface area contributed by atoms with Gasteiger partial charge in [0.2, 0.25) is 0 Å². The van der Waals surface area contributed by atoms with Crippen molar-refractivity contribution in [3.05, 3.63) is 0 Å². The van der Waals surface area contributed by atoms with Crippen LogP contribution in [0, 0.1) is 11.8 Å². The largest absolute Gasteiger partial charge is 0.328 e. The van der Waals surface area contributed by atoms with E-state index in [0.29, 0.717) is 6.04 Å². The summed E-state index contributed by atoms with van der Waals surface area (Å²) in [6.45, 7) is 6.50. The fourth-order valence-electron chi connectivity index (χ4n) is 3.52. The van der Waals surface area contributed by atoms with Gasteiger partial charge in [0, 0.05) is 6.04 Å². The molecule has 1 heterocycles. The molecule has 0 aromatic rings. The van der Waals surface area contributed by atoms with Crippen molar-refractivity contribution in [1.82, 2.24) is 4.90 Å². The van der Waals surface area contributed by atoms with Gasteiger partial charge in [0.15, 0.2) is 0 Å². The van der Waals surface area contributed by atoms with Crippen LogP contribution in [-0.4, -0.2) is 30.6 Å². The fourth-order valence-corrected chi connectivity index (χ4v) is 3.52. The molecule has 0 bridgehead atoms. The zero-order chi connectivity index (χ0) is 12.1. The lowest BCUT2D eigenvalue weighted by Crippen LogP contribution is -2.33. The van der Waals surface area contributed by atoms with Crippen molar-refractivity contribution in [2.75, 3.05) is 19.6 Å². The first-order valence-corrected chi connectivity index (χ1v) is 7.73. The lowest BCUT2D eigenvalue weighted by molar-refractivity contribution is 0.181. The zero-order valence-electron chi connectivity index (χ0n) is 11.5. The molecule has 0 aromatic heterocycles. The summed E-state index contributed by atoms with van der Waals surface area (Å²) >= 11 is 0. The van der Waals surface area contributed by atoms with Crippen LogP contribution in [0.15, 0.2) is 0 Å². The molecule has 2 aliphatic rings. The number of hydrogen-bond acceptors (Lipinski definition) is 2. The van der Waals surface area contributed by atoms with Crippen molar-refractivity contribution in [3.63, 3.8) is 0 Å². The summed E-state index contributed by atoms with van der Waals surface area (Å²) in [6.07, 6.45) is 11.0. The molecule has 1 aliphatic heterocycles. The molecule has 2 rings (SSSR count). The van der Waals surface area contributed by atoms with Gasteiger partial charge in [-0.05, 0) is 76.4 Å². The van der Waals surface area contributed by atoms with E-state index in [1.807, 2.05) is 0 Å². The van der Waals surface area contributed by atoms with Crippen LogP contribution in [0.25, 0.3) is 0 Å². The molecule has 1 saturated heterocycles. The van der Waals surface area contributed by atoms with Gasteiger partial charge in [0.1, 0.15) is 0 Å². The van der Waals surface area contributed by atoms with Crippen LogP contribution in [0.4, 0.5) is 0 Å². The Kier molecular flexibility index (Phi) is 5.30. The molecule has 0 amide bonds. The number of nitrogens with zero attached hydrogens (tertiary/aromatic N) is 1. The molecule has 1 unspecified atom stereocenters. The average molecular weight is 238 g/mol. The Morgan fingerprint density at radius 2 is 1.71 bits per heavy atom. The molecular formula is C15H30N2. The van der Waals surface area contributed by atoms with E-state index in [-0.39, 0.29) is 0 Å². The van der Waals surface area contributed by atoms with Crippen molar-refractivity contribution in [2.45, 2.75) is 64.3 Å². The van der Waals surface area contributed by atoms with Crippen LogP contribution in [-0.2, 0) is 0 Å². The molecule has 2 fully saturated rings. The highest BCUT2D eigenvalue weighted by molar-refractivity contribution is 4.78. The third kappa shape index (κ3) is 4.26. The molecule has 1 saturated carbocycles. The maximum absolute atomic E-state index is 5.98. The summed E-state index contributed by atoms with van der Waals surface area (Å²) < 4.78 is 0. The summed E-state index contributed by atoms with van der Waals surface area (Å²) in [7, 11) is 0. The van der Waals surface area contributed by atoms with Crippen molar-refractivity contribution in [1.29, 1.82) is 0 Å². The lowest BCUT2D eigenvalue weighted by atomic mass is 9.78. The first kappa shape index (κ1) is 13.4. The molecule has 1 aliphatic carbocycles. The third-order valence-electron chi connectivity index (χ3n) is 4.97. The molecule has 2 heteroatoms. The number of rotatable bonds is 4. The smallest absolute Gasteiger partial charge is 0.00390 e. The van der Waals surface area contributed by atoms with Crippen LogP contribution in [0.1, 0.15) is 58.3 Å². The fraction of sp³-hybridized carbons (Fsp3) is 1.00. The van der Waals surface area contributed by atoms with Gasteiger partial charge in [0.05, 0.1) is 0 Å². The average Bonchev–Trinajstić information content (AvgIpc) is 2.38. The standard InChI is InChI=1S/C15H30N2/c1-13(14-5-7-15(16)8-6-14)9-12-17-10-3-2-4-11-17/h13-15H,2-12,16H2,1H3. The lowest BCUT2D eigenvalue weighted by Gasteiger charge is -2.33. The van der Waals surface area contributed by atoms with Crippen LogP contribution in [0.5, 0.6) is 0 Å². The van der Waals surface area contributed by atoms with Crippen LogP contribution >= 0.6 is 0 Å². The van der Waals surface area contributed by atoms with E-state index in [1.54, 1.807) is 0 Å². The molecule has 100 valence electrons. The SMILES string of the molecule is CC(CCN1CCCCC1)C1CCC(N)CC1. The number of likely N-dealkylation sites (tertiary alicyclic amines) is 1. The normalized spacial score (nSPS) is 33.5. The van der Waals surface area contributed by atoms with Gasteiger partial charge in [-0.1, -0.05) is 13.3 Å². The van der Waals surface area contributed by atoms with Crippen molar-refractivity contribution < 1.29 is 0 Å². The van der Waals surface area contributed by atoms with E-state index in [0.717, 1.165) is 11.8 Å². The van der Waals surface area contributed by atoms with E-state index < -0.39 is 0 Å². The zero-order valence-corrected chi connectivity index (χ0v) is 11.5. The second-order valence-corrected chi connectivity index (χ2v) is 6.34. The Balaban J connectivity index is 1.64. The van der Waals surface area contributed by atoms with Gasteiger partial charge in [-0.3, -0.25) is 0 Å². The van der Waals surface area contributed by atoms with Gasteiger partial charge >= 0.3 is 0 Å². The summed E-state index contributed by atoms with van der Waals surface area (Å²) in [5.41, 5.74) is 5.98. The quantitative estimate of drug-likeness (QED) is 0.816. The molecule has 2 nitrogen and oxygen atoms in total. The number of piperidine rings is 1.